The number of carbonyl (C=O) groups excluding carboxylic acids is 1. The van der Waals surface area contributed by atoms with Crippen LogP contribution >= 0.6 is 0 Å². The summed E-state index contributed by atoms with van der Waals surface area (Å²) >= 11 is 0. The fourth-order valence-electron chi connectivity index (χ4n) is 3.56. The van der Waals surface area contributed by atoms with Crippen LogP contribution in [0.4, 0.5) is 0 Å². The quantitative estimate of drug-likeness (QED) is 0.879. The fraction of sp³-hybridized carbons (Fsp3) is 0.647. The Bertz CT molecular complexity index is 485. The molecule has 2 heterocycles. The molecule has 3 N–H and O–H groups in total. The summed E-state index contributed by atoms with van der Waals surface area (Å²) in [7, 11) is 0. The summed E-state index contributed by atoms with van der Waals surface area (Å²) in [6, 6.07) is 4.69. The van der Waals surface area contributed by atoms with Gasteiger partial charge in [-0.05, 0) is 49.8 Å². The molecule has 0 radical (unpaired) electrons. The minimum Gasteiger partial charge on any atom is -0.353 e. The molecule has 22 heavy (non-hydrogen) atoms. The highest BCUT2D eigenvalue weighted by Crippen LogP contribution is 2.24. The van der Waals surface area contributed by atoms with E-state index < -0.39 is 0 Å². The molecule has 1 saturated carbocycles. The third-order valence-electron chi connectivity index (χ3n) is 4.93. The van der Waals surface area contributed by atoms with E-state index in [4.69, 9.17) is 5.73 Å². The Morgan fingerprint density at radius 2 is 1.95 bits per heavy atom. The van der Waals surface area contributed by atoms with Gasteiger partial charge < -0.3 is 11.1 Å². The number of aromatic nitrogens is 1. The van der Waals surface area contributed by atoms with Crippen LogP contribution in [-0.4, -0.2) is 41.0 Å². The maximum absolute atomic E-state index is 12.2. The maximum Gasteiger partial charge on any atom is 0.223 e. The second-order valence-electron chi connectivity index (χ2n) is 6.68. The minimum atomic E-state index is 0.143. The van der Waals surface area contributed by atoms with Gasteiger partial charge in [0.1, 0.15) is 0 Å². The van der Waals surface area contributed by atoms with Gasteiger partial charge in [-0.1, -0.05) is 0 Å². The van der Waals surface area contributed by atoms with Gasteiger partial charge in [-0.15, -0.1) is 0 Å². The van der Waals surface area contributed by atoms with Crippen molar-refractivity contribution in [1.29, 1.82) is 0 Å². The fourth-order valence-corrected chi connectivity index (χ4v) is 3.56. The Morgan fingerprint density at radius 3 is 2.59 bits per heavy atom. The topological polar surface area (TPSA) is 71.2 Å². The van der Waals surface area contributed by atoms with Crippen LogP contribution in [0.15, 0.2) is 24.5 Å². The molecule has 2 aliphatic rings. The van der Waals surface area contributed by atoms with E-state index in [0.29, 0.717) is 6.04 Å². The molecule has 1 amide bonds. The normalized spacial score (nSPS) is 27.0. The van der Waals surface area contributed by atoms with Gasteiger partial charge in [0, 0.05) is 50.0 Å². The number of rotatable bonds is 4. The highest BCUT2D eigenvalue weighted by atomic mass is 16.1. The lowest BCUT2D eigenvalue weighted by molar-refractivity contribution is -0.125. The molecular weight excluding hydrogens is 276 g/mol. The van der Waals surface area contributed by atoms with Crippen LogP contribution in [0.3, 0.4) is 0 Å². The number of nitrogens with two attached hydrogens (primary N) is 1. The first kappa shape index (κ1) is 15.4. The van der Waals surface area contributed by atoms with Crippen LogP contribution in [-0.2, 0) is 11.3 Å². The van der Waals surface area contributed by atoms with Gasteiger partial charge in [0.2, 0.25) is 5.91 Å². The Balaban J connectivity index is 1.41. The number of amides is 1. The predicted molar refractivity (Wildman–Crippen MR) is 86.0 cm³/mol. The van der Waals surface area contributed by atoms with Gasteiger partial charge in [0.15, 0.2) is 0 Å². The Hall–Kier alpha value is -1.46. The number of carbonyl (C=O) groups is 1. The Labute approximate surface area is 132 Å². The van der Waals surface area contributed by atoms with Gasteiger partial charge >= 0.3 is 0 Å². The summed E-state index contributed by atoms with van der Waals surface area (Å²) in [5.41, 5.74) is 7.20. The lowest BCUT2D eigenvalue weighted by Crippen LogP contribution is -2.46. The number of nitrogens with one attached hydrogen (secondary N) is 1. The van der Waals surface area contributed by atoms with Crippen molar-refractivity contribution in [3.05, 3.63) is 30.1 Å². The molecule has 1 aromatic rings. The molecule has 2 atom stereocenters. The van der Waals surface area contributed by atoms with Crippen molar-refractivity contribution < 1.29 is 4.79 Å². The van der Waals surface area contributed by atoms with E-state index in [9.17, 15) is 4.79 Å². The number of hydrogen-bond acceptors (Lipinski definition) is 4. The summed E-state index contributed by atoms with van der Waals surface area (Å²) in [6.45, 7) is 3.05. The summed E-state index contributed by atoms with van der Waals surface area (Å²) in [5.74, 6) is 0.366. The number of nitrogens with zero attached hydrogens (tertiary/aromatic N) is 2. The van der Waals surface area contributed by atoms with Crippen molar-refractivity contribution in [1.82, 2.24) is 15.2 Å². The van der Waals surface area contributed by atoms with Crippen LogP contribution in [0.5, 0.6) is 0 Å². The second-order valence-corrected chi connectivity index (χ2v) is 6.68. The van der Waals surface area contributed by atoms with E-state index in [2.05, 4.69) is 27.3 Å². The molecule has 5 nitrogen and oxygen atoms in total. The number of piperidine rings is 1. The smallest absolute Gasteiger partial charge is 0.223 e. The SMILES string of the molecule is NC1CCC(C(=O)NC2CCN(Cc3ccncc3)CC2)C1. The van der Waals surface area contributed by atoms with E-state index in [1.807, 2.05) is 12.4 Å². The minimum absolute atomic E-state index is 0.143. The van der Waals surface area contributed by atoms with Gasteiger partial charge in [-0.3, -0.25) is 14.7 Å². The maximum atomic E-state index is 12.2. The molecule has 1 aliphatic carbocycles. The summed E-state index contributed by atoms with van der Waals surface area (Å²) < 4.78 is 0. The third kappa shape index (κ3) is 4.05. The van der Waals surface area contributed by atoms with E-state index >= 15 is 0 Å². The van der Waals surface area contributed by atoms with Crippen molar-refractivity contribution >= 4 is 5.91 Å². The second kappa shape index (κ2) is 7.20. The van der Waals surface area contributed by atoms with Crippen LogP contribution in [0.1, 0.15) is 37.7 Å². The van der Waals surface area contributed by atoms with E-state index in [1.54, 1.807) is 0 Å². The highest BCUT2D eigenvalue weighted by Gasteiger charge is 2.29. The van der Waals surface area contributed by atoms with Crippen LogP contribution in [0, 0.1) is 5.92 Å². The molecule has 3 rings (SSSR count). The lowest BCUT2D eigenvalue weighted by atomic mass is 10.0. The first-order valence-electron chi connectivity index (χ1n) is 8.38. The van der Waals surface area contributed by atoms with Crippen molar-refractivity contribution in [2.24, 2.45) is 11.7 Å². The average Bonchev–Trinajstić information content (AvgIpc) is 2.97. The van der Waals surface area contributed by atoms with Crippen molar-refractivity contribution in [3.63, 3.8) is 0 Å². The van der Waals surface area contributed by atoms with E-state index in [1.165, 1.54) is 5.56 Å². The molecule has 2 unspecified atom stereocenters. The number of likely N-dealkylation sites (tertiary alicyclic amines) is 1. The molecule has 0 aromatic carbocycles. The predicted octanol–water partition coefficient (Wildman–Crippen LogP) is 1.29. The van der Waals surface area contributed by atoms with Gasteiger partial charge in [0.25, 0.3) is 0 Å². The monoisotopic (exact) mass is 302 g/mol. The molecule has 120 valence electrons. The van der Waals surface area contributed by atoms with Crippen molar-refractivity contribution in [2.45, 2.75) is 50.7 Å². The standard InChI is InChI=1S/C17H26N4O/c18-15-2-1-14(11-15)17(22)20-16-5-9-21(10-6-16)12-13-3-7-19-8-4-13/h3-4,7-8,14-16H,1-2,5-6,9-12,18H2,(H,20,22). The zero-order valence-corrected chi connectivity index (χ0v) is 13.1. The summed E-state index contributed by atoms with van der Waals surface area (Å²) in [4.78, 5) is 18.7. The Morgan fingerprint density at radius 1 is 1.23 bits per heavy atom. The Kier molecular flexibility index (Phi) is 5.05. The molecule has 2 fully saturated rings. The molecule has 1 aliphatic heterocycles. The summed E-state index contributed by atoms with van der Waals surface area (Å²) in [6.07, 6.45) is 8.55. The third-order valence-corrected chi connectivity index (χ3v) is 4.93. The van der Waals surface area contributed by atoms with E-state index in [0.717, 1.165) is 51.7 Å². The van der Waals surface area contributed by atoms with Crippen molar-refractivity contribution in [2.75, 3.05) is 13.1 Å². The number of pyridine rings is 1. The molecule has 0 spiro atoms. The van der Waals surface area contributed by atoms with Gasteiger partial charge in [-0.25, -0.2) is 0 Å². The van der Waals surface area contributed by atoms with Crippen LogP contribution < -0.4 is 11.1 Å². The summed E-state index contributed by atoms with van der Waals surface area (Å²) in [5, 5.41) is 3.23. The average molecular weight is 302 g/mol. The zero-order chi connectivity index (χ0) is 15.4. The van der Waals surface area contributed by atoms with Crippen LogP contribution in [0.2, 0.25) is 0 Å². The molecule has 1 aromatic heterocycles. The number of hydrogen-bond donors (Lipinski definition) is 2. The first-order chi connectivity index (χ1) is 10.7. The molecule has 5 heteroatoms. The lowest BCUT2D eigenvalue weighted by Gasteiger charge is -2.32. The molecular formula is C17H26N4O. The van der Waals surface area contributed by atoms with Crippen molar-refractivity contribution in [3.8, 4) is 0 Å². The first-order valence-corrected chi connectivity index (χ1v) is 8.38. The highest BCUT2D eigenvalue weighted by molar-refractivity contribution is 5.79. The zero-order valence-electron chi connectivity index (χ0n) is 13.1. The van der Waals surface area contributed by atoms with E-state index in [-0.39, 0.29) is 17.9 Å². The van der Waals surface area contributed by atoms with Crippen LogP contribution in [0.25, 0.3) is 0 Å². The van der Waals surface area contributed by atoms with Gasteiger partial charge in [0.05, 0.1) is 0 Å². The largest absolute Gasteiger partial charge is 0.353 e. The molecule has 1 saturated heterocycles. The van der Waals surface area contributed by atoms with Gasteiger partial charge in [-0.2, -0.15) is 0 Å². The molecule has 0 bridgehead atoms.